The standard InChI is InChI=1S/C18H19N3O2/c1-21-5-4-18-11-6-10-8-19-20-15(10)17(18)23-16-13(22)3-2-9(14(16)18)7-12(11)21/h2-3,8,11-12,17,22H,4-7H2,1H3,(H,19,20)/t11-,12-,17?,18-/m0/s1. The Labute approximate surface area is 134 Å². The van der Waals surface area contributed by atoms with Gasteiger partial charge in [0.05, 0.1) is 11.9 Å². The number of nitrogens with zero attached hydrogens (tertiary/aromatic N) is 2. The van der Waals surface area contributed by atoms with E-state index in [9.17, 15) is 5.11 Å². The zero-order valence-electron chi connectivity index (χ0n) is 13.0. The lowest BCUT2D eigenvalue weighted by Crippen LogP contribution is -2.62. The summed E-state index contributed by atoms with van der Waals surface area (Å²) in [7, 11) is 2.25. The van der Waals surface area contributed by atoms with Crippen LogP contribution in [0.4, 0.5) is 0 Å². The van der Waals surface area contributed by atoms with Crippen LogP contribution >= 0.6 is 0 Å². The fourth-order valence-corrected chi connectivity index (χ4v) is 5.87. The summed E-state index contributed by atoms with van der Waals surface area (Å²) in [6.07, 6.45) is 5.11. The summed E-state index contributed by atoms with van der Waals surface area (Å²) < 4.78 is 6.39. The fourth-order valence-electron chi connectivity index (χ4n) is 5.87. The summed E-state index contributed by atoms with van der Waals surface area (Å²) >= 11 is 0. The third kappa shape index (κ3) is 1.21. The van der Waals surface area contributed by atoms with Crippen LogP contribution in [0.3, 0.4) is 0 Å². The molecule has 2 aliphatic heterocycles. The number of rotatable bonds is 0. The number of ether oxygens (including phenoxy) is 1. The second-order valence-corrected chi connectivity index (χ2v) is 7.61. The monoisotopic (exact) mass is 309 g/mol. The van der Waals surface area contributed by atoms with Crippen LogP contribution < -0.4 is 4.74 Å². The lowest BCUT2D eigenvalue weighted by molar-refractivity contribution is -0.0256. The quantitative estimate of drug-likeness (QED) is 0.780. The maximum absolute atomic E-state index is 10.4. The molecule has 2 bridgehead atoms. The van der Waals surface area contributed by atoms with E-state index < -0.39 is 0 Å². The van der Waals surface area contributed by atoms with Crippen molar-refractivity contribution in [3.8, 4) is 11.5 Å². The average molecular weight is 309 g/mol. The molecule has 1 unspecified atom stereocenters. The molecular formula is C18H19N3O2. The van der Waals surface area contributed by atoms with E-state index in [2.05, 4.69) is 28.2 Å². The van der Waals surface area contributed by atoms with Crippen molar-refractivity contribution < 1.29 is 9.84 Å². The Hall–Kier alpha value is -2.01. The fraction of sp³-hybridized carbons (Fsp3) is 0.500. The lowest BCUT2D eigenvalue weighted by Gasteiger charge is -2.57. The van der Waals surface area contributed by atoms with Gasteiger partial charge in [0.1, 0.15) is 0 Å². The van der Waals surface area contributed by atoms with Gasteiger partial charge in [-0.15, -0.1) is 0 Å². The molecule has 2 aliphatic carbocycles. The molecule has 23 heavy (non-hydrogen) atoms. The van der Waals surface area contributed by atoms with Gasteiger partial charge in [-0.3, -0.25) is 5.10 Å². The first-order chi connectivity index (χ1) is 11.2. The number of hydrogen-bond donors (Lipinski definition) is 2. The minimum atomic E-state index is -0.0303. The summed E-state index contributed by atoms with van der Waals surface area (Å²) in [6.45, 7) is 1.08. The molecule has 6 rings (SSSR count). The summed E-state index contributed by atoms with van der Waals surface area (Å²) in [4.78, 5) is 2.52. The van der Waals surface area contributed by atoms with Gasteiger partial charge >= 0.3 is 0 Å². The van der Waals surface area contributed by atoms with E-state index in [4.69, 9.17) is 4.74 Å². The number of likely N-dealkylation sites (tertiary alicyclic amines) is 1. The number of aromatic hydroxyl groups is 1. The molecule has 1 fully saturated rings. The maximum Gasteiger partial charge on any atom is 0.166 e. The predicted molar refractivity (Wildman–Crippen MR) is 83.7 cm³/mol. The normalized spacial score (nSPS) is 36.3. The minimum absolute atomic E-state index is 0.00162. The van der Waals surface area contributed by atoms with Gasteiger partial charge in [-0.2, -0.15) is 5.10 Å². The lowest BCUT2D eigenvalue weighted by atomic mass is 9.52. The first-order valence-corrected chi connectivity index (χ1v) is 8.44. The number of piperidine rings is 1. The SMILES string of the molecule is CN1CC[C@]23c4c5ccc(O)c4OC2c2[nH]ncc2C[C@H]3[C@@H]1C5. The Kier molecular flexibility index (Phi) is 2.01. The van der Waals surface area contributed by atoms with Gasteiger partial charge in [0.2, 0.25) is 0 Å². The molecule has 1 spiro atoms. The summed E-state index contributed by atoms with van der Waals surface area (Å²) in [6, 6.07) is 4.44. The van der Waals surface area contributed by atoms with Crippen LogP contribution in [-0.2, 0) is 18.3 Å². The first-order valence-electron chi connectivity index (χ1n) is 8.44. The van der Waals surface area contributed by atoms with Crippen LogP contribution in [0.2, 0.25) is 0 Å². The topological polar surface area (TPSA) is 61.4 Å². The van der Waals surface area contributed by atoms with Gasteiger partial charge in [0.25, 0.3) is 0 Å². The number of H-pyrrole nitrogens is 1. The molecular weight excluding hydrogens is 290 g/mol. The van der Waals surface area contributed by atoms with Crippen LogP contribution in [0, 0.1) is 5.92 Å². The van der Waals surface area contributed by atoms with Crippen LogP contribution in [0.1, 0.15) is 34.9 Å². The molecule has 1 saturated heterocycles. The second-order valence-electron chi connectivity index (χ2n) is 7.61. The van der Waals surface area contributed by atoms with Crippen molar-refractivity contribution in [3.63, 3.8) is 0 Å². The summed E-state index contributed by atoms with van der Waals surface area (Å²) in [5.41, 5.74) is 5.05. The number of aromatic amines is 1. The van der Waals surface area contributed by atoms with Crippen LogP contribution in [-0.4, -0.2) is 39.8 Å². The van der Waals surface area contributed by atoms with E-state index in [1.165, 1.54) is 16.7 Å². The number of phenols is 1. The smallest absolute Gasteiger partial charge is 0.166 e. The highest BCUT2D eigenvalue weighted by Crippen LogP contribution is 2.66. The molecule has 5 heteroatoms. The second kappa shape index (κ2) is 3.73. The Balaban J connectivity index is 1.71. The molecule has 2 aromatic rings. The van der Waals surface area contributed by atoms with E-state index in [-0.39, 0.29) is 17.3 Å². The van der Waals surface area contributed by atoms with Crippen molar-refractivity contribution in [2.45, 2.75) is 36.8 Å². The van der Waals surface area contributed by atoms with E-state index in [0.29, 0.717) is 12.0 Å². The highest BCUT2D eigenvalue weighted by atomic mass is 16.5. The Morgan fingerprint density at radius 1 is 1.35 bits per heavy atom. The van der Waals surface area contributed by atoms with Crippen molar-refractivity contribution in [1.82, 2.24) is 15.1 Å². The van der Waals surface area contributed by atoms with E-state index in [1.807, 2.05) is 6.20 Å². The molecule has 5 nitrogen and oxygen atoms in total. The summed E-state index contributed by atoms with van der Waals surface area (Å²) in [5.74, 6) is 1.54. The average Bonchev–Trinajstić information content (AvgIpc) is 3.13. The minimum Gasteiger partial charge on any atom is -0.504 e. The molecule has 4 atom stereocenters. The van der Waals surface area contributed by atoms with Crippen molar-refractivity contribution in [2.24, 2.45) is 5.92 Å². The molecule has 0 amide bonds. The van der Waals surface area contributed by atoms with Gasteiger partial charge < -0.3 is 14.7 Å². The number of aromatic nitrogens is 2. The largest absolute Gasteiger partial charge is 0.504 e. The van der Waals surface area contributed by atoms with Crippen molar-refractivity contribution in [1.29, 1.82) is 0 Å². The van der Waals surface area contributed by atoms with Crippen LogP contribution in [0.15, 0.2) is 18.3 Å². The highest BCUT2D eigenvalue weighted by Gasteiger charge is 2.64. The molecule has 2 N–H and O–H groups in total. The Bertz CT molecular complexity index is 845. The third-order valence-electron chi connectivity index (χ3n) is 6.85. The number of nitrogens with one attached hydrogen (secondary N) is 1. The summed E-state index contributed by atoms with van der Waals surface area (Å²) in [5, 5.41) is 17.9. The molecule has 118 valence electrons. The Morgan fingerprint density at radius 2 is 2.26 bits per heavy atom. The number of benzene rings is 1. The zero-order valence-corrected chi connectivity index (χ0v) is 13.0. The maximum atomic E-state index is 10.4. The van der Waals surface area contributed by atoms with Gasteiger partial charge in [-0.25, -0.2) is 0 Å². The molecule has 0 radical (unpaired) electrons. The van der Waals surface area contributed by atoms with Crippen molar-refractivity contribution >= 4 is 0 Å². The van der Waals surface area contributed by atoms with Gasteiger partial charge in [0, 0.05) is 17.0 Å². The molecule has 0 saturated carbocycles. The number of likely N-dealkylation sites (N-methyl/N-ethyl adjacent to an activating group) is 1. The van der Waals surface area contributed by atoms with Crippen molar-refractivity contribution in [2.75, 3.05) is 13.6 Å². The highest BCUT2D eigenvalue weighted by molar-refractivity contribution is 5.62. The Morgan fingerprint density at radius 3 is 3.17 bits per heavy atom. The molecule has 4 aliphatic rings. The zero-order chi connectivity index (χ0) is 15.3. The molecule has 1 aromatic heterocycles. The molecule has 3 heterocycles. The van der Waals surface area contributed by atoms with E-state index >= 15 is 0 Å². The van der Waals surface area contributed by atoms with E-state index in [1.54, 1.807) is 6.07 Å². The van der Waals surface area contributed by atoms with Crippen LogP contribution in [0.25, 0.3) is 0 Å². The van der Waals surface area contributed by atoms with Crippen LogP contribution in [0.5, 0.6) is 11.5 Å². The number of fused-ring (bicyclic) bond motifs is 2. The van der Waals surface area contributed by atoms with Gasteiger partial charge in [-0.05, 0) is 56.0 Å². The third-order valence-corrected chi connectivity index (χ3v) is 6.85. The van der Waals surface area contributed by atoms with Gasteiger partial charge in [-0.1, -0.05) is 6.07 Å². The number of phenolic OH excluding ortho intramolecular Hbond substituents is 1. The van der Waals surface area contributed by atoms with Gasteiger partial charge in [0.15, 0.2) is 17.6 Å². The predicted octanol–water partition coefficient (Wildman–Crippen LogP) is 1.92. The van der Waals surface area contributed by atoms with Crippen molar-refractivity contribution in [3.05, 3.63) is 40.7 Å². The number of hydrogen-bond acceptors (Lipinski definition) is 4. The van der Waals surface area contributed by atoms with E-state index in [0.717, 1.165) is 37.3 Å². The molecule has 1 aromatic carbocycles. The first kappa shape index (κ1) is 12.4.